The summed E-state index contributed by atoms with van der Waals surface area (Å²) in [7, 11) is 0. The Morgan fingerprint density at radius 3 is 2.39 bits per heavy atom. The Morgan fingerprint density at radius 1 is 1.22 bits per heavy atom. The molecule has 1 atom stereocenters. The monoisotopic (exact) mass is 262 g/mol. The summed E-state index contributed by atoms with van der Waals surface area (Å²) in [5.41, 5.74) is -0.534. The van der Waals surface area contributed by atoms with Crippen LogP contribution in [0.4, 0.5) is 4.79 Å². The zero-order valence-corrected chi connectivity index (χ0v) is 12.2. The van der Waals surface area contributed by atoms with Crippen LogP contribution in [0.15, 0.2) is 0 Å². The van der Waals surface area contributed by atoms with Crippen LogP contribution in [-0.4, -0.2) is 18.4 Å². The van der Waals surface area contributed by atoms with Gasteiger partial charge < -0.3 is 4.74 Å². The van der Waals surface area contributed by atoms with Gasteiger partial charge in [-0.1, -0.05) is 33.1 Å². The first-order chi connectivity index (χ1) is 8.39. The van der Waals surface area contributed by atoms with Crippen LogP contribution in [0.1, 0.15) is 60.3 Å². The zero-order valence-electron chi connectivity index (χ0n) is 12.2. The normalized spacial score (nSPS) is 13.2. The molecular weight excluding hydrogens is 236 g/mol. The van der Waals surface area contributed by atoms with Gasteiger partial charge in [-0.05, 0) is 38.1 Å². The minimum Gasteiger partial charge on any atom is -0.432 e. The lowest BCUT2D eigenvalue weighted by molar-refractivity contribution is -0.514. The van der Waals surface area contributed by atoms with Crippen molar-refractivity contribution >= 4 is 6.16 Å². The van der Waals surface area contributed by atoms with Crippen LogP contribution in [-0.2, 0) is 19.6 Å². The molecule has 0 aromatic carbocycles. The van der Waals surface area contributed by atoms with E-state index in [2.05, 4.69) is 23.8 Å². The molecule has 0 rings (SSSR count). The maximum absolute atomic E-state index is 11.2. The first kappa shape index (κ1) is 17.2. The molecule has 0 saturated carbocycles. The largest absolute Gasteiger partial charge is 0.542 e. The van der Waals surface area contributed by atoms with Crippen molar-refractivity contribution in [3.63, 3.8) is 0 Å². The van der Waals surface area contributed by atoms with E-state index in [1.807, 2.05) is 0 Å². The molecule has 0 spiro atoms. The molecule has 5 nitrogen and oxygen atoms in total. The minimum absolute atomic E-state index is 0.355. The van der Waals surface area contributed by atoms with Crippen molar-refractivity contribution in [1.29, 1.82) is 0 Å². The fourth-order valence-corrected chi connectivity index (χ4v) is 1.25. The van der Waals surface area contributed by atoms with Crippen molar-refractivity contribution in [2.24, 2.45) is 5.92 Å². The number of unbranched alkanes of at least 4 members (excludes halogenated alkanes) is 1. The molecule has 108 valence electrons. The second-order valence-corrected chi connectivity index (χ2v) is 5.32. The lowest BCUT2D eigenvalue weighted by Crippen LogP contribution is -2.22. The molecule has 0 aliphatic rings. The standard InChI is InChI=1S/C13H26O5/c1-6-8-9-11(7-2)10-15-12(14)16-18-17-13(3,4)5/h11H,6-10H2,1-5H3. The number of hydrogen-bond donors (Lipinski definition) is 0. The van der Waals surface area contributed by atoms with Crippen LogP contribution < -0.4 is 0 Å². The Labute approximate surface area is 110 Å². The fraction of sp³-hybridized carbons (Fsp3) is 0.923. The first-order valence-electron chi connectivity index (χ1n) is 6.58. The second kappa shape index (κ2) is 9.16. The number of carbonyl (C=O) groups excluding carboxylic acids is 1. The third-order valence-corrected chi connectivity index (χ3v) is 2.37. The van der Waals surface area contributed by atoms with E-state index in [4.69, 9.17) is 9.62 Å². The summed E-state index contributed by atoms with van der Waals surface area (Å²) in [6.07, 6.45) is 3.45. The number of ether oxygens (including phenoxy) is 1. The van der Waals surface area contributed by atoms with Gasteiger partial charge in [0.1, 0.15) is 0 Å². The molecule has 0 heterocycles. The molecule has 18 heavy (non-hydrogen) atoms. The van der Waals surface area contributed by atoms with E-state index in [0.717, 1.165) is 25.7 Å². The maximum Gasteiger partial charge on any atom is 0.542 e. The van der Waals surface area contributed by atoms with E-state index in [1.165, 1.54) is 0 Å². The smallest absolute Gasteiger partial charge is 0.432 e. The van der Waals surface area contributed by atoms with Gasteiger partial charge in [0, 0.05) is 0 Å². The van der Waals surface area contributed by atoms with Gasteiger partial charge in [0.15, 0.2) is 0 Å². The zero-order chi connectivity index (χ0) is 14.0. The average molecular weight is 262 g/mol. The predicted molar refractivity (Wildman–Crippen MR) is 67.7 cm³/mol. The minimum atomic E-state index is -0.866. The number of rotatable bonds is 8. The molecule has 0 amide bonds. The molecule has 0 aromatic heterocycles. The number of hydrogen-bond acceptors (Lipinski definition) is 5. The summed E-state index contributed by atoms with van der Waals surface area (Å²) in [6, 6.07) is 0. The molecule has 0 aliphatic heterocycles. The third kappa shape index (κ3) is 10.4. The molecule has 0 aliphatic carbocycles. The van der Waals surface area contributed by atoms with Crippen molar-refractivity contribution in [3.8, 4) is 0 Å². The Bertz CT molecular complexity index is 222. The van der Waals surface area contributed by atoms with E-state index < -0.39 is 11.8 Å². The van der Waals surface area contributed by atoms with Crippen LogP contribution in [0.3, 0.4) is 0 Å². The van der Waals surface area contributed by atoms with E-state index in [-0.39, 0.29) is 0 Å². The van der Waals surface area contributed by atoms with Crippen molar-refractivity contribution < 1.29 is 24.3 Å². The highest BCUT2D eigenvalue weighted by Crippen LogP contribution is 2.13. The van der Waals surface area contributed by atoms with Gasteiger partial charge in [-0.3, -0.25) is 0 Å². The quantitative estimate of drug-likeness (QED) is 0.375. The van der Waals surface area contributed by atoms with E-state index in [1.54, 1.807) is 20.8 Å². The predicted octanol–water partition coefficient (Wildman–Crippen LogP) is 4.02. The van der Waals surface area contributed by atoms with Crippen LogP contribution in [0, 0.1) is 5.92 Å². The molecule has 0 aromatic rings. The molecule has 5 heteroatoms. The molecule has 0 radical (unpaired) electrons. The van der Waals surface area contributed by atoms with E-state index >= 15 is 0 Å². The topological polar surface area (TPSA) is 54.0 Å². The third-order valence-electron chi connectivity index (χ3n) is 2.37. The summed E-state index contributed by atoms with van der Waals surface area (Å²) in [5.74, 6) is 0.376. The Hall–Kier alpha value is -0.810. The van der Waals surface area contributed by atoms with Crippen molar-refractivity contribution in [1.82, 2.24) is 0 Å². The Balaban J connectivity index is 3.68. The number of carbonyl (C=O) groups is 1. The van der Waals surface area contributed by atoms with Gasteiger partial charge in [0.05, 0.1) is 12.2 Å². The van der Waals surface area contributed by atoms with Crippen molar-refractivity contribution in [2.45, 2.75) is 65.9 Å². The summed E-state index contributed by atoms with van der Waals surface area (Å²) in [5, 5.41) is 4.33. The highest BCUT2D eigenvalue weighted by atomic mass is 17.5. The molecular formula is C13H26O5. The van der Waals surface area contributed by atoms with Gasteiger partial charge in [-0.25, -0.2) is 9.68 Å². The van der Waals surface area contributed by atoms with Gasteiger partial charge >= 0.3 is 6.16 Å². The lowest BCUT2D eigenvalue weighted by atomic mass is 10.0. The second-order valence-electron chi connectivity index (χ2n) is 5.32. The molecule has 0 bridgehead atoms. The van der Waals surface area contributed by atoms with Crippen molar-refractivity contribution in [2.75, 3.05) is 6.61 Å². The fourth-order valence-electron chi connectivity index (χ4n) is 1.25. The molecule has 0 fully saturated rings. The Morgan fingerprint density at radius 2 is 1.89 bits per heavy atom. The SMILES string of the molecule is CCCCC(CC)COC(=O)OOOC(C)(C)C. The van der Waals surface area contributed by atoms with Gasteiger partial charge in [-0.2, -0.15) is 4.89 Å². The summed E-state index contributed by atoms with van der Waals surface area (Å²) in [4.78, 5) is 20.3. The summed E-state index contributed by atoms with van der Waals surface area (Å²) in [6.45, 7) is 9.90. The van der Waals surface area contributed by atoms with E-state index in [9.17, 15) is 4.79 Å². The summed E-state index contributed by atoms with van der Waals surface area (Å²) < 4.78 is 4.94. The highest BCUT2D eigenvalue weighted by molar-refractivity contribution is 5.58. The van der Waals surface area contributed by atoms with E-state index in [0.29, 0.717) is 12.5 Å². The first-order valence-corrected chi connectivity index (χ1v) is 6.58. The average Bonchev–Trinajstić information content (AvgIpc) is 2.27. The van der Waals surface area contributed by atoms with Gasteiger partial charge in [0.2, 0.25) is 0 Å². The highest BCUT2D eigenvalue weighted by Gasteiger charge is 2.16. The maximum atomic E-state index is 11.2. The molecule has 0 saturated heterocycles. The van der Waals surface area contributed by atoms with Crippen LogP contribution >= 0.6 is 0 Å². The molecule has 1 unspecified atom stereocenters. The molecule has 0 N–H and O–H groups in total. The summed E-state index contributed by atoms with van der Waals surface area (Å²) >= 11 is 0. The van der Waals surface area contributed by atoms with Crippen molar-refractivity contribution in [3.05, 3.63) is 0 Å². The van der Waals surface area contributed by atoms with Gasteiger partial charge in [0.25, 0.3) is 0 Å². The Kier molecular flexibility index (Phi) is 8.75. The van der Waals surface area contributed by atoms with Crippen LogP contribution in [0.2, 0.25) is 0 Å². The van der Waals surface area contributed by atoms with Crippen LogP contribution in [0.25, 0.3) is 0 Å². The van der Waals surface area contributed by atoms with Crippen LogP contribution in [0.5, 0.6) is 0 Å². The van der Waals surface area contributed by atoms with Gasteiger partial charge in [-0.15, -0.1) is 0 Å². The lowest BCUT2D eigenvalue weighted by Gasteiger charge is -2.16.